The van der Waals surface area contributed by atoms with Gasteiger partial charge in [-0.25, -0.2) is 19.3 Å². The Morgan fingerprint density at radius 1 is 1.29 bits per heavy atom. The summed E-state index contributed by atoms with van der Waals surface area (Å²) in [5.74, 6) is 0.531. The lowest BCUT2D eigenvalue weighted by Crippen LogP contribution is -2.33. The number of amides is 2. The van der Waals surface area contributed by atoms with Gasteiger partial charge in [0.05, 0.1) is 18.6 Å². The molecule has 3 aromatic rings. The monoisotopic (exact) mass is 440 g/mol. The Bertz CT molecular complexity index is 1100. The van der Waals surface area contributed by atoms with Gasteiger partial charge in [0.1, 0.15) is 23.5 Å². The Hall–Kier alpha value is -3.66. The third-order valence-electron chi connectivity index (χ3n) is 4.41. The van der Waals surface area contributed by atoms with Crippen LogP contribution in [0.5, 0.6) is 5.88 Å². The summed E-state index contributed by atoms with van der Waals surface area (Å²) in [5.41, 5.74) is 14.2. The zero-order valence-corrected chi connectivity index (χ0v) is 18.1. The standard InChI is InChI=1S/C21H25N7O2S/c1-2-28(10-9-24-21(23)29)11-12-30-19-8-7-17-20(27-19)31-13-18(26-14-25-17)15-3-5-16(22)6-4-15/h3-8,10,13-14H,2,9,11-12,22H2,1H3,(H3-,23,24,25,26,29)/p+1. The molecule has 2 amide bonds. The van der Waals surface area contributed by atoms with Crippen molar-refractivity contribution >= 4 is 39.6 Å². The summed E-state index contributed by atoms with van der Waals surface area (Å²) in [7, 11) is 0. The van der Waals surface area contributed by atoms with E-state index in [0.717, 1.165) is 28.1 Å². The Balaban J connectivity index is 1.71. The average molecular weight is 441 g/mol. The molecule has 0 saturated carbocycles. The number of nitrogens with zero attached hydrogens (tertiary/aromatic N) is 3. The van der Waals surface area contributed by atoms with Crippen molar-refractivity contribution in [1.29, 1.82) is 0 Å². The van der Waals surface area contributed by atoms with Crippen LogP contribution in [0.2, 0.25) is 0 Å². The number of urea groups is 1. The fourth-order valence-corrected chi connectivity index (χ4v) is 3.55. The number of aromatic nitrogens is 3. The lowest BCUT2D eigenvalue weighted by Gasteiger charge is -2.06. The Morgan fingerprint density at radius 3 is 2.84 bits per heavy atom. The highest BCUT2D eigenvalue weighted by atomic mass is 32.1. The number of rotatable bonds is 8. The number of benzene rings is 1. The molecule has 0 spiro atoms. The number of primary amides is 1. The highest BCUT2D eigenvalue weighted by Gasteiger charge is 2.05. The molecule has 0 aliphatic carbocycles. The highest BCUT2D eigenvalue weighted by molar-refractivity contribution is 7.16. The first kappa shape index (κ1) is 22.0. The van der Waals surface area contributed by atoms with Gasteiger partial charge in [-0.05, 0) is 30.7 Å². The molecule has 10 heteroatoms. The zero-order valence-electron chi connectivity index (χ0n) is 17.2. The Morgan fingerprint density at radius 2 is 2.10 bits per heavy atom. The summed E-state index contributed by atoms with van der Waals surface area (Å²) in [6.07, 6.45) is 3.53. The Kier molecular flexibility index (Phi) is 7.77. The molecule has 31 heavy (non-hydrogen) atoms. The molecule has 0 saturated heterocycles. The molecule has 1 aromatic carbocycles. The van der Waals surface area contributed by atoms with E-state index in [2.05, 4.69) is 20.3 Å². The molecular weight excluding hydrogens is 414 g/mol. The number of H-pyrrole nitrogens is 1. The van der Waals surface area contributed by atoms with Crippen molar-refractivity contribution in [3.8, 4) is 17.1 Å². The van der Waals surface area contributed by atoms with Crippen LogP contribution in [0.3, 0.4) is 0 Å². The number of nitrogens with two attached hydrogens (primary N) is 2. The van der Waals surface area contributed by atoms with Crippen molar-refractivity contribution in [1.82, 2.24) is 20.3 Å². The third kappa shape index (κ3) is 6.68. The number of pyridine rings is 1. The maximum atomic E-state index is 10.8. The summed E-state index contributed by atoms with van der Waals surface area (Å²) < 4.78 is 7.87. The van der Waals surface area contributed by atoms with Crippen molar-refractivity contribution in [2.75, 3.05) is 32.0 Å². The molecule has 0 aliphatic rings. The summed E-state index contributed by atoms with van der Waals surface area (Å²) >= 11 is 1.47. The van der Waals surface area contributed by atoms with Crippen LogP contribution in [0.4, 0.5) is 10.5 Å². The van der Waals surface area contributed by atoms with Gasteiger partial charge in [0.25, 0.3) is 0 Å². The fourth-order valence-electron chi connectivity index (χ4n) is 2.74. The number of carbonyl (C=O) groups is 1. The number of nitrogens with one attached hydrogen (secondary N) is 2. The van der Waals surface area contributed by atoms with Gasteiger partial charge in [0.2, 0.25) is 5.88 Å². The van der Waals surface area contributed by atoms with Gasteiger partial charge in [0, 0.05) is 17.1 Å². The number of nitrogen functional groups attached to an aromatic ring is 1. The lowest BCUT2D eigenvalue weighted by atomic mass is 10.1. The smallest absolute Gasteiger partial charge is 0.312 e. The molecule has 0 bridgehead atoms. The number of likely N-dealkylation sites (N-methyl/N-ethyl adjacent to an activating group) is 1. The van der Waals surface area contributed by atoms with Crippen LogP contribution in [0, 0.1) is 0 Å². The molecule has 0 aliphatic heterocycles. The predicted octanol–water partition coefficient (Wildman–Crippen LogP) is 2.54. The van der Waals surface area contributed by atoms with Crippen molar-refractivity contribution in [3.63, 3.8) is 0 Å². The molecule has 0 fully saturated rings. The molecule has 9 nitrogen and oxygen atoms in total. The molecule has 2 heterocycles. The van der Waals surface area contributed by atoms with Crippen LogP contribution in [0.25, 0.3) is 21.6 Å². The number of ether oxygens (including phenoxy) is 1. The summed E-state index contributed by atoms with van der Waals surface area (Å²) in [5, 5.41) is 4.53. The van der Waals surface area contributed by atoms with E-state index in [1.165, 1.54) is 11.3 Å². The molecule has 3 rings (SSSR count). The van der Waals surface area contributed by atoms with Crippen LogP contribution in [0.1, 0.15) is 6.92 Å². The highest BCUT2D eigenvalue weighted by Crippen LogP contribution is 2.22. The van der Waals surface area contributed by atoms with Crippen LogP contribution < -0.4 is 21.5 Å². The zero-order chi connectivity index (χ0) is 22.1. The van der Waals surface area contributed by atoms with Crippen molar-refractivity contribution in [2.45, 2.75) is 6.92 Å². The first-order valence-electron chi connectivity index (χ1n) is 9.81. The third-order valence-corrected chi connectivity index (χ3v) is 5.29. The van der Waals surface area contributed by atoms with Gasteiger partial charge in [-0.2, -0.15) is 0 Å². The minimum Gasteiger partial charge on any atom is -0.471 e. The van der Waals surface area contributed by atoms with Crippen LogP contribution in [-0.2, 0) is 0 Å². The number of carbonyl (C=O) groups excluding carboxylic acids is 1. The van der Waals surface area contributed by atoms with Gasteiger partial charge in [-0.3, -0.25) is 0 Å². The second-order valence-electron chi connectivity index (χ2n) is 6.55. The molecule has 2 aromatic heterocycles. The molecule has 0 unspecified atom stereocenters. The second kappa shape index (κ2) is 10.9. The molecule has 0 radical (unpaired) electrons. The maximum Gasteiger partial charge on any atom is 0.312 e. The van der Waals surface area contributed by atoms with E-state index in [0.29, 0.717) is 31.3 Å². The molecular formula is C21H26N7O2S+. The number of hydrogen-bond acceptors (Lipinski definition) is 6. The van der Waals surface area contributed by atoms with E-state index < -0.39 is 6.03 Å². The van der Waals surface area contributed by atoms with Crippen molar-refractivity contribution < 1.29 is 14.1 Å². The van der Waals surface area contributed by atoms with Crippen LogP contribution in [-0.4, -0.2) is 58.0 Å². The maximum absolute atomic E-state index is 10.8. The first-order chi connectivity index (χ1) is 15.0. The number of fused-ring (bicyclic) bond motifs is 1. The van der Waals surface area contributed by atoms with Crippen LogP contribution >= 0.6 is 11.3 Å². The normalized spacial score (nSPS) is 11.2. The van der Waals surface area contributed by atoms with Crippen LogP contribution in [0.15, 0.2) is 48.1 Å². The van der Waals surface area contributed by atoms with E-state index in [4.69, 9.17) is 16.2 Å². The predicted molar refractivity (Wildman–Crippen MR) is 124 cm³/mol. The SMILES string of the molecule is CC[N+](=CCNC(N)=O)CCOc1ccc2nc[nH]c(-c3ccc(N)cc3)csc2n1. The van der Waals surface area contributed by atoms with E-state index in [1.807, 2.05) is 53.4 Å². The molecule has 162 valence electrons. The quantitative estimate of drug-likeness (QED) is 0.242. The minimum atomic E-state index is -0.544. The number of anilines is 1. The Labute approximate surface area is 184 Å². The van der Waals surface area contributed by atoms with Gasteiger partial charge in [0.15, 0.2) is 12.8 Å². The van der Waals surface area contributed by atoms with Crippen molar-refractivity contribution in [2.24, 2.45) is 5.73 Å². The fraction of sp³-hybridized carbons (Fsp3) is 0.238. The average Bonchev–Trinajstić information content (AvgIpc) is 2.74. The van der Waals surface area contributed by atoms with Gasteiger partial charge < -0.3 is 26.5 Å². The van der Waals surface area contributed by atoms with E-state index in [-0.39, 0.29) is 0 Å². The van der Waals surface area contributed by atoms with E-state index >= 15 is 0 Å². The summed E-state index contributed by atoms with van der Waals surface area (Å²) in [4.78, 5) is 23.8. The lowest BCUT2D eigenvalue weighted by molar-refractivity contribution is -0.521. The first-order valence-corrected chi connectivity index (χ1v) is 10.7. The van der Waals surface area contributed by atoms with Gasteiger partial charge in [-0.15, -0.1) is 11.3 Å². The topological polar surface area (TPSA) is 135 Å². The van der Waals surface area contributed by atoms with E-state index in [1.54, 1.807) is 12.4 Å². The second-order valence-corrected chi connectivity index (χ2v) is 7.41. The van der Waals surface area contributed by atoms with Gasteiger partial charge >= 0.3 is 6.03 Å². The number of aromatic amines is 1. The number of hydrogen-bond donors (Lipinski definition) is 4. The minimum absolute atomic E-state index is 0.381. The van der Waals surface area contributed by atoms with Crippen molar-refractivity contribution in [3.05, 3.63) is 48.1 Å². The van der Waals surface area contributed by atoms with E-state index in [9.17, 15) is 4.79 Å². The molecule has 0 atom stereocenters. The molecule has 6 N–H and O–H groups in total. The summed E-state index contributed by atoms with van der Waals surface area (Å²) in [6.45, 7) is 4.31. The summed E-state index contributed by atoms with van der Waals surface area (Å²) in [6, 6.07) is 10.8. The van der Waals surface area contributed by atoms with Gasteiger partial charge in [-0.1, -0.05) is 12.1 Å². The largest absolute Gasteiger partial charge is 0.471 e.